The molecule has 25 heavy (non-hydrogen) atoms. The van der Waals surface area contributed by atoms with Gasteiger partial charge in [0.25, 0.3) is 5.91 Å². The molecule has 1 amide bonds. The minimum atomic E-state index is -3.13. The lowest BCUT2D eigenvalue weighted by Gasteiger charge is -2.42. The van der Waals surface area contributed by atoms with E-state index in [4.69, 9.17) is 0 Å². The number of fused-ring (bicyclic) bond motifs is 1. The fraction of sp³-hybridized carbons (Fsp3) is 0.438. The van der Waals surface area contributed by atoms with E-state index in [9.17, 15) is 13.2 Å². The third kappa shape index (κ3) is 2.83. The van der Waals surface area contributed by atoms with Crippen molar-refractivity contribution in [1.29, 1.82) is 0 Å². The summed E-state index contributed by atoms with van der Waals surface area (Å²) in [5.74, 6) is -0.0201. The Bertz CT molecular complexity index is 896. The van der Waals surface area contributed by atoms with Gasteiger partial charge in [-0.05, 0) is 19.2 Å². The van der Waals surface area contributed by atoms with Crippen LogP contribution >= 0.6 is 0 Å². The average Bonchev–Trinajstić information content (AvgIpc) is 3.22. The van der Waals surface area contributed by atoms with Gasteiger partial charge >= 0.3 is 0 Å². The van der Waals surface area contributed by atoms with Crippen LogP contribution in [-0.2, 0) is 9.84 Å². The number of benzene rings is 1. The highest BCUT2D eigenvalue weighted by Crippen LogP contribution is 2.28. The van der Waals surface area contributed by atoms with Crippen LogP contribution in [-0.4, -0.2) is 82.6 Å². The number of hydrogen-bond acceptors (Lipinski definition) is 6. The second-order valence-electron chi connectivity index (χ2n) is 6.55. The lowest BCUT2D eigenvalue weighted by atomic mass is 10.0. The van der Waals surface area contributed by atoms with E-state index in [1.54, 1.807) is 34.1 Å². The maximum absolute atomic E-state index is 13.2. The van der Waals surface area contributed by atoms with Crippen LogP contribution in [0.1, 0.15) is 10.4 Å². The van der Waals surface area contributed by atoms with E-state index in [-0.39, 0.29) is 29.5 Å². The summed E-state index contributed by atoms with van der Waals surface area (Å²) in [7, 11) is -1.21. The summed E-state index contributed by atoms with van der Waals surface area (Å²) in [5, 5.41) is 4.11. The molecular formula is C16H19N5O3S. The highest BCUT2D eigenvalue weighted by molar-refractivity contribution is 7.91. The largest absolute Gasteiger partial charge is 0.332 e. The number of aromatic nitrogens is 3. The quantitative estimate of drug-likeness (QED) is 0.737. The van der Waals surface area contributed by atoms with Gasteiger partial charge in [0.05, 0.1) is 28.8 Å². The SMILES string of the molecule is CN1CCN(C(=O)c2ccccc2-n2cncn2)[C@@H]2CS(=O)(=O)C[C@@H]21. The zero-order valence-corrected chi connectivity index (χ0v) is 14.6. The van der Waals surface area contributed by atoms with Crippen molar-refractivity contribution in [1.82, 2.24) is 24.6 Å². The van der Waals surface area contributed by atoms with E-state index < -0.39 is 9.84 Å². The van der Waals surface area contributed by atoms with Crippen LogP contribution in [0.4, 0.5) is 0 Å². The van der Waals surface area contributed by atoms with E-state index in [1.807, 2.05) is 18.0 Å². The van der Waals surface area contributed by atoms with Crippen molar-refractivity contribution in [3.8, 4) is 5.69 Å². The van der Waals surface area contributed by atoms with Gasteiger partial charge in [-0.3, -0.25) is 9.69 Å². The van der Waals surface area contributed by atoms with Crippen molar-refractivity contribution < 1.29 is 13.2 Å². The molecule has 2 saturated heterocycles. The van der Waals surface area contributed by atoms with Crippen LogP contribution in [0, 0.1) is 0 Å². The predicted molar refractivity (Wildman–Crippen MR) is 91.3 cm³/mol. The molecule has 1 aromatic heterocycles. The Morgan fingerprint density at radius 3 is 2.68 bits per heavy atom. The van der Waals surface area contributed by atoms with E-state index in [0.29, 0.717) is 24.3 Å². The molecule has 0 N–H and O–H groups in total. The first-order chi connectivity index (χ1) is 12.0. The van der Waals surface area contributed by atoms with E-state index >= 15 is 0 Å². The first kappa shape index (κ1) is 16.2. The van der Waals surface area contributed by atoms with Gasteiger partial charge in [0.2, 0.25) is 0 Å². The predicted octanol–water partition coefficient (Wildman–Crippen LogP) is -0.179. The number of carbonyl (C=O) groups excluding carboxylic acids is 1. The van der Waals surface area contributed by atoms with Gasteiger partial charge in [-0.1, -0.05) is 12.1 Å². The molecule has 1 aromatic carbocycles. The van der Waals surface area contributed by atoms with Crippen molar-refractivity contribution in [2.75, 3.05) is 31.6 Å². The van der Waals surface area contributed by atoms with Crippen molar-refractivity contribution in [2.45, 2.75) is 12.1 Å². The molecule has 2 aliphatic rings. The maximum atomic E-state index is 13.2. The smallest absolute Gasteiger partial charge is 0.256 e. The Balaban J connectivity index is 1.70. The van der Waals surface area contributed by atoms with Crippen molar-refractivity contribution >= 4 is 15.7 Å². The summed E-state index contributed by atoms with van der Waals surface area (Å²) in [4.78, 5) is 20.9. The number of para-hydroxylation sites is 1. The monoisotopic (exact) mass is 361 g/mol. The topological polar surface area (TPSA) is 88.4 Å². The van der Waals surface area contributed by atoms with E-state index in [2.05, 4.69) is 10.1 Å². The number of piperazine rings is 1. The molecule has 0 saturated carbocycles. The van der Waals surface area contributed by atoms with Gasteiger partial charge < -0.3 is 4.90 Å². The van der Waals surface area contributed by atoms with Crippen molar-refractivity contribution in [3.63, 3.8) is 0 Å². The van der Waals surface area contributed by atoms with Crippen LogP contribution in [0.25, 0.3) is 5.69 Å². The Morgan fingerprint density at radius 2 is 1.92 bits per heavy atom. The lowest BCUT2D eigenvalue weighted by Crippen LogP contribution is -2.59. The van der Waals surface area contributed by atoms with E-state index in [0.717, 1.165) is 0 Å². The number of carbonyl (C=O) groups is 1. The number of rotatable bonds is 2. The fourth-order valence-electron chi connectivity index (χ4n) is 3.72. The third-order valence-electron chi connectivity index (χ3n) is 5.01. The van der Waals surface area contributed by atoms with Gasteiger partial charge in [-0.2, -0.15) is 5.10 Å². The minimum absolute atomic E-state index is 0.0270. The molecule has 3 heterocycles. The zero-order chi connectivity index (χ0) is 17.6. The lowest BCUT2D eigenvalue weighted by molar-refractivity contribution is 0.0410. The van der Waals surface area contributed by atoms with E-state index in [1.165, 1.54) is 6.33 Å². The van der Waals surface area contributed by atoms with Crippen LogP contribution in [0.5, 0.6) is 0 Å². The average molecular weight is 361 g/mol. The molecule has 0 aliphatic carbocycles. The summed E-state index contributed by atoms with van der Waals surface area (Å²) < 4.78 is 25.8. The normalized spacial score (nSPS) is 25.7. The molecular weight excluding hydrogens is 342 g/mol. The Hall–Kier alpha value is -2.26. The molecule has 0 spiro atoms. The number of hydrogen-bond donors (Lipinski definition) is 0. The Morgan fingerprint density at radius 1 is 1.16 bits per heavy atom. The molecule has 2 atom stereocenters. The van der Waals surface area contributed by atoms with Crippen LogP contribution < -0.4 is 0 Å². The summed E-state index contributed by atoms with van der Waals surface area (Å²) in [5.41, 5.74) is 1.14. The minimum Gasteiger partial charge on any atom is -0.332 e. The van der Waals surface area contributed by atoms with Gasteiger partial charge in [-0.25, -0.2) is 18.1 Å². The number of likely N-dealkylation sites (N-methyl/N-ethyl adjacent to an activating group) is 1. The standard InChI is InChI=1S/C16H19N5O3S/c1-19-6-7-20(15-9-25(23,24)8-14(15)19)16(22)12-4-2-3-5-13(12)21-11-17-10-18-21/h2-5,10-11,14-15H,6-9H2,1H3/t14-,15+/m0/s1. The number of nitrogens with zero attached hydrogens (tertiary/aromatic N) is 5. The summed E-state index contributed by atoms with van der Waals surface area (Å²) in [6.45, 7) is 1.17. The van der Waals surface area contributed by atoms with Crippen molar-refractivity contribution in [2.24, 2.45) is 0 Å². The summed E-state index contributed by atoms with van der Waals surface area (Å²) >= 11 is 0. The number of sulfone groups is 1. The molecule has 0 bridgehead atoms. The van der Waals surface area contributed by atoms with Crippen LogP contribution in [0.3, 0.4) is 0 Å². The third-order valence-corrected chi connectivity index (χ3v) is 6.71. The van der Waals surface area contributed by atoms with Gasteiger partial charge in [-0.15, -0.1) is 0 Å². The van der Waals surface area contributed by atoms with Gasteiger partial charge in [0, 0.05) is 19.1 Å². The first-order valence-electron chi connectivity index (χ1n) is 8.12. The first-order valence-corrected chi connectivity index (χ1v) is 9.94. The zero-order valence-electron chi connectivity index (χ0n) is 13.8. The van der Waals surface area contributed by atoms with Gasteiger partial charge in [0.15, 0.2) is 9.84 Å². The molecule has 2 aliphatic heterocycles. The molecule has 132 valence electrons. The summed E-state index contributed by atoms with van der Waals surface area (Å²) in [6.07, 6.45) is 2.95. The van der Waals surface area contributed by atoms with Gasteiger partial charge in [0.1, 0.15) is 12.7 Å². The van der Waals surface area contributed by atoms with Crippen LogP contribution in [0.2, 0.25) is 0 Å². The Kier molecular flexibility index (Phi) is 3.84. The highest BCUT2D eigenvalue weighted by Gasteiger charge is 2.47. The second-order valence-corrected chi connectivity index (χ2v) is 8.70. The molecule has 8 nitrogen and oxygen atoms in total. The fourth-order valence-corrected chi connectivity index (χ4v) is 5.78. The van der Waals surface area contributed by atoms with Crippen molar-refractivity contribution in [3.05, 3.63) is 42.5 Å². The number of amides is 1. The van der Waals surface area contributed by atoms with Crippen LogP contribution in [0.15, 0.2) is 36.9 Å². The molecule has 2 aromatic rings. The highest BCUT2D eigenvalue weighted by atomic mass is 32.2. The summed E-state index contributed by atoms with van der Waals surface area (Å²) in [6, 6.07) is 6.74. The maximum Gasteiger partial charge on any atom is 0.256 e. The second kappa shape index (κ2) is 5.92. The molecule has 4 rings (SSSR count). The Labute approximate surface area is 146 Å². The molecule has 0 radical (unpaired) electrons. The molecule has 0 unspecified atom stereocenters. The molecule has 9 heteroatoms. The molecule has 2 fully saturated rings.